The quantitative estimate of drug-likeness (QED) is 0.663. The van der Waals surface area contributed by atoms with Gasteiger partial charge in [-0.15, -0.1) is 0 Å². The molecule has 0 unspecified atom stereocenters. The highest BCUT2D eigenvalue weighted by molar-refractivity contribution is 6.10. The third-order valence-electron chi connectivity index (χ3n) is 6.75. The van der Waals surface area contributed by atoms with Crippen LogP contribution in [0.15, 0.2) is 18.2 Å². The van der Waals surface area contributed by atoms with Gasteiger partial charge in [-0.2, -0.15) is 13.2 Å². The summed E-state index contributed by atoms with van der Waals surface area (Å²) in [7, 11) is 0. The van der Waals surface area contributed by atoms with Gasteiger partial charge in [-0.25, -0.2) is 4.79 Å². The number of anilines is 2. The van der Waals surface area contributed by atoms with Crippen molar-refractivity contribution in [2.75, 3.05) is 43.1 Å². The SMILES string of the molecule is C[C@H]1CCCC[C@@]12NC(=O)N(CC(=O)Nc1cc(C(F)(F)F)ccc1N1CCOCC1)C2=O. The summed E-state index contributed by atoms with van der Waals surface area (Å²) in [6.45, 7) is 3.08. The molecule has 1 saturated carbocycles. The van der Waals surface area contributed by atoms with Gasteiger partial charge in [0.05, 0.1) is 30.2 Å². The van der Waals surface area contributed by atoms with Gasteiger partial charge in [-0.05, 0) is 37.0 Å². The molecule has 3 fully saturated rings. The molecule has 1 aliphatic carbocycles. The molecule has 4 amide bonds. The van der Waals surface area contributed by atoms with Crippen LogP contribution >= 0.6 is 0 Å². The predicted molar refractivity (Wildman–Crippen MR) is 114 cm³/mol. The van der Waals surface area contributed by atoms with Crippen molar-refractivity contribution in [3.8, 4) is 0 Å². The van der Waals surface area contributed by atoms with E-state index in [1.54, 1.807) is 0 Å². The maximum atomic E-state index is 13.3. The van der Waals surface area contributed by atoms with E-state index < -0.39 is 41.7 Å². The van der Waals surface area contributed by atoms with E-state index in [0.29, 0.717) is 38.4 Å². The number of morpholine rings is 1. The van der Waals surface area contributed by atoms with Crippen molar-refractivity contribution in [1.29, 1.82) is 0 Å². The molecule has 2 heterocycles. The van der Waals surface area contributed by atoms with Crippen molar-refractivity contribution in [1.82, 2.24) is 10.2 Å². The number of halogens is 3. The molecular weight excluding hydrogens is 441 g/mol. The Kier molecular flexibility index (Phi) is 6.26. The second-order valence-corrected chi connectivity index (χ2v) is 8.82. The Morgan fingerprint density at radius 1 is 1.24 bits per heavy atom. The molecule has 0 aromatic heterocycles. The van der Waals surface area contributed by atoms with Gasteiger partial charge in [0.1, 0.15) is 12.1 Å². The van der Waals surface area contributed by atoms with Crippen molar-refractivity contribution < 1.29 is 32.3 Å². The second kappa shape index (κ2) is 8.85. The fourth-order valence-corrected chi connectivity index (χ4v) is 4.86. The Morgan fingerprint density at radius 2 is 1.97 bits per heavy atom. The molecule has 3 aliphatic rings. The van der Waals surface area contributed by atoms with Crippen LogP contribution in [0.25, 0.3) is 0 Å². The largest absolute Gasteiger partial charge is 0.416 e. The third kappa shape index (κ3) is 4.50. The highest BCUT2D eigenvalue weighted by Crippen LogP contribution is 2.39. The standard InChI is InChI=1S/C22H27F3N4O4/c1-14-4-2-3-7-21(14)19(31)29(20(32)27-21)13-18(30)26-16-12-15(22(23,24)25)5-6-17(16)28-8-10-33-11-9-28/h5-6,12,14H,2-4,7-11,13H2,1H3,(H,26,30)(H,27,32)/t14-,21+/m0/s1. The summed E-state index contributed by atoms with van der Waals surface area (Å²) in [5, 5.41) is 5.26. The molecule has 11 heteroatoms. The van der Waals surface area contributed by atoms with Gasteiger partial charge in [0.2, 0.25) is 5.91 Å². The Balaban J connectivity index is 1.54. The average Bonchev–Trinajstić information content (AvgIpc) is 3.00. The first-order valence-electron chi connectivity index (χ1n) is 11.1. The molecule has 2 atom stereocenters. The summed E-state index contributed by atoms with van der Waals surface area (Å²) in [5.74, 6) is -1.26. The second-order valence-electron chi connectivity index (χ2n) is 8.82. The minimum Gasteiger partial charge on any atom is -0.378 e. The Bertz CT molecular complexity index is 948. The number of urea groups is 1. The van der Waals surface area contributed by atoms with Crippen LogP contribution in [0.5, 0.6) is 0 Å². The predicted octanol–water partition coefficient (Wildman–Crippen LogP) is 2.98. The summed E-state index contributed by atoms with van der Waals surface area (Å²) < 4.78 is 45.2. The first-order valence-corrected chi connectivity index (χ1v) is 11.1. The summed E-state index contributed by atoms with van der Waals surface area (Å²) >= 11 is 0. The zero-order chi connectivity index (χ0) is 23.8. The Morgan fingerprint density at radius 3 is 2.64 bits per heavy atom. The van der Waals surface area contributed by atoms with E-state index in [-0.39, 0.29) is 11.6 Å². The van der Waals surface area contributed by atoms with E-state index in [1.807, 2.05) is 11.8 Å². The number of carbonyl (C=O) groups excluding carboxylic acids is 3. The lowest BCUT2D eigenvalue weighted by atomic mass is 9.73. The molecule has 33 heavy (non-hydrogen) atoms. The van der Waals surface area contributed by atoms with Crippen molar-refractivity contribution in [3.63, 3.8) is 0 Å². The highest BCUT2D eigenvalue weighted by Gasteiger charge is 2.55. The van der Waals surface area contributed by atoms with Gasteiger partial charge in [0.15, 0.2) is 0 Å². The molecule has 0 radical (unpaired) electrons. The van der Waals surface area contributed by atoms with Gasteiger partial charge in [-0.3, -0.25) is 14.5 Å². The molecule has 8 nitrogen and oxygen atoms in total. The lowest BCUT2D eigenvalue weighted by Gasteiger charge is -2.36. The molecule has 2 N–H and O–H groups in total. The average molecular weight is 468 g/mol. The molecule has 1 aromatic rings. The van der Waals surface area contributed by atoms with Crippen LogP contribution in [0, 0.1) is 5.92 Å². The van der Waals surface area contributed by atoms with Gasteiger partial charge >= 0.3 is 12.2 Å². The van der Waals surface area contributed by atoms with Crippen LogP contribution in [0.3, 0.4) is 0 Å². The van der Waals surface area contributed by atoms with Crippen molar-refractivity contribution in [2.45, 2.75) is 44.3 Å². The lowest BCUT2D eigenvalue weighted by Crippen LogP contribution is -2.54. The number of benzene rings is 1. The molecule has 2 aliphatic heterocycles. The van der Waals surface area contributed by atoms with E-state index in [0.717, 1.165) is 36.3 Å². The highest BCUT2D eigenvalue weighted by atomic mass is 19.4. The van der Waals surface area contributed by atoms with Gasteiger partial charge in [0, 0.05) is 13.1 Å². The number of alkyl halides is 3. The van der Waals surface area contributed by atoms with E-state index >= 15 is 0 Å². The van der Waals surface area contributed by atoms with Crippen molar-refractivity contribution in [3.05, 3.63) is 23.8 Å². The number of hydrogen-bond acceptors (Lipinski definition) is 5. The van der Waals surface area contributed by atoms with Crippen LogP contribution in [0.2, 0.25) is 0 Å². The smallest absolute Gasteiger partial charge is 0.378 e. The topological polar surface area (TPSA) is 91.0 Å². The first-order chi connectivity index (χ1) is 15.6. The summed E-state index contributed by atoms with van der Waals surface area (Å²) in [5.41, 5.74) is -1.51. The minimum absolute atomic E-state index is 0.0236. The molecule has 4 rings (SSSR count). The first kappa shape index (κ1) is 23.3. The van der Waals surface area contributed by atoms with E-state index in [4.69, 9.17) is 4.74 Å². The van der Waals surface area contributed by atoms with Crippen molar-refractivity contribution >= 4 is 29.2 Å². The van der Waals surface area contributed by atoms with Gasteiger partial charge in [0.25, 0.3) is 5.91 Å². The number of rotatable bonds is 4. The molecule has 1 spiro atoms. The van der Waals surface area contributed by atoms with Gasteiger partial charge < -0.3 is 20.3 Å². The van der Waals surface area contributed by atoms with E-state index in [9.17, 15) is 27.6 Å². The maximum Gasteiger partial charge on any atom is 0.416 e. The third-order valence-corrected chi connectivity index (χ3v) is 6.75. The summed E-state index contributed by atoms with van der Waals surface area (Å²) in [6.07, 6.45) is -1.53. The Hall–Kier alpha value is -2.82. The number of hydrogen-bond donors (Lipinski definition) is 2. The van der Waals surface area contributed by atoms with Crippen LogP contribution in [-0.4, -0.2) is 61.1 Å². The van der Waals surface area contributed by atoms with Crippen LogP contribution < -0.4 is 15.5 Å². The summed E-state index contributed by atoms with van der Waals surface area (Å²) in [6, 6.07) is 2.50. The van der Waals surface area contributed by atoms with Gasteiger partial charge in [-0.1, -0.05) is 19.8 Å². The zero-order valence-electron chi connectivity index (χ0n) is 18.3. The maximum absolute atomic E-state index is 13.3. The fourth-order valence-electron chi connectivity index (χ4n) is 4.86. The van der Waals surface area contributed by atoms with E-state index in [1.165, 1.54) is 6.07 Å². The number of nitrogens with one attached hydrogen (secondary N) is 2. The van der Waals surface area contributed by atoms with Crippen molar-refractivity contribution in [2.24, 2.45) is 5.92 Å². The normalized spacial score (nSPS) is 26.0. The molecule has 180 valence electrons. The summed E-state index contributed by atoms with van der Waals surface area (Å²) in [4.78, 5) is 41.1. The molecule has 0 bridgehead atoms. The number of imide groups is 1. The molecule has 2 saturated heterocycles. The minimum atomic E-state index is -4.59. The van der Waals surface area contributed by atoms with E-state index in [2.05, 4.69) is 10.6 Å². The number of carbonyl (C=O) groups is 3. The fraction of sp³-hybridized carbons (Fsp3) is 0.591. The molecular formula is C22H27F3N4O4. The zero-order valence-corrected chi connectivity index (χ0v) is 18.3. The monoisotopic (exact) mass is 468 g/mol. The number of nitrogens with zero attached hydrogens (tertiary/aromatic N) is 2. The van der Waals surface area contributed by atoms with Crippen LogP contribution in [0.1, 0.15) is 38.2 Å². The molecule has 1 aromatic carbocycles. The Labute approximate surface area is 189 Å². The lowest BCUT2D eigenvalue weighted by molar-refractivity contribution is -0.137. The number of amides is 4. The van der Waals surface area contributed by atoms with Crippen LogP contribution in [0.4, 0.5) is 29.3 Å². The number of ether oxygens (including phenoxy) is 1. The van der Waals surface area contributed by atoms with Crippen LogP contribution in [-0.2, 0) is 20.5 Å².